The summed E-state index contributed by atoms with van der Waals surface area (Å²) in [5.74, 6) is 0.897. The van der Waals surface area contributed by atoms with Crippen molar-refractivity contribution in [2.75, 3.05) is 25.6 Å². The first-order chi connectivity index (χ1) is 9.69. The number of nitrogens with zero attached hydrogens (tertiary/aromatic N) is 2. The number of benzene rings is 1. The zero-order chi connectivity index (χ0) is 14.4. The Labute approximate surface area is 124 Å². The van der Waals surface area contributed by atoms with E-state index in [1.54, 1.807) is 7.11 Å². The molecule has 2 rings (SSSR count). The molecule has 5 heteroatoms. The topological polar surface area (TPSA) is 39.1 Å². The average Bonchev–Trinajstić information content (AvgIpc) is 2.77. The van der Waals surface area contributed by atoms with E-state index >= 15 is 0 Å². The van der Waals surface area contributed by atoms with E-state index < -0.39 is 0 Å². The first-order valence-corrected chi connectivity index (χ1v) is 7.08. The van der Waals surface area contributed by atoms with Gasteiger partial charge in [0, 0.05) is 31.5 Å². The average molecular weight is 294 g/mol. The van der Waals surface area contributed by atoms with E-state index in [0.717, 1.165) is 42.8 Å². The van der Waals surface area contributed by atoms with Gasteiger partial charge in [0.1, 0.15) is 0 Å². The third-order valence-corrected chi connectivity index (χ3v) is 3.22. The van der Waals surface area contributed by atoms with Crippen LogP contribution in [0.3, 0.4) is 0 Å². The smallest absolute Gasteiger partial charge is 0.203 e. The van der Waals surface area contributed by atoms with Crippen molar-refractivity contribution in [3.63, 3.8) is 0 Å². The highest BCUT2D eigenvalue weighted by atomic mass is 35.5. The summed E-state index contributed by atoms with van der Waals surface area (Å²) in [4.78, 5) is 4.51. The van der Waals surface area contributed by atoms with Crippen LogP contribution in [-0.2, 0) is 11.3 Å². The molecule has 1 aromatic carbocycles. The van der Waals surface area contributed by atoms with Gasteiger partial charge in [-0.05, 0) is 31.0 Å². The lowest BCUT2D eigenvalue weighted by atomic mass is 10.2. The SMILES string of the molecule is COCCCNc1nc(C)cn1Cc1ccc(Cl)cc1. The maximum atomic E-state index is 5.90. The molecular weight excluding hydrogens is 274 g/mol. The summed E-state index contributed by atoms with van der Waals surface area (Å²) >= 11 is 5.90. The molecule has 0 atom stereocenters. The van der Waals surface area contributed by atoms with Crippen LogP contribution in [0.5, 0.6) is 0 Å². The van der Waals surface area contributed by atoms with E-state index in [4.69, 9.17) is 16.3 Å². The fourth-order valence-electron chi connectivity index (χ4n) is 2.01. The van der Waals surface area contributed by atoms with Gasteiger partial charge in [-0.3, -0.25) is 0 Å². The first kappa shape index (κ1) is 14.9. The Morgan fingerprint density at radius 3 is 2.75 bits per heavy atom. The van der Waals surface area contributed by atoms with E-state index in [-0.39, 0.29) is 0 Å². The molecule has 1 N–H and O–H groups in total. The number of rotatable bonds is 7. The largest absolute Gasteiger partial charge is 0.385 e. The summed E-state index contributed by atoms with van der Waals surface area (Å²) in [7, 11) is 1.71. The van der Waals surface area contributed by atoms with Crippen LogP contribution >= 0.6 is 11.6 Å². The Morgan fingerprint density at radius 2 is 2.05 bits per heavy atom. The third-order valence-electron chi connectivity index (χ3n) is 2.97. The quantitative estimate of drug-likeness (QED) is 0.796. The molecule has 4 nitrogen and oxygen atoms in total. The number of methoxy groups -OCH3 is 1. The number of imidazole rings is 1. The fraction of sp³-hybridized carbons (Fsp3) is 0.400. The Bertz CT molecular complexity index is 537. The van der Waals surface area contributed by atoms with Crippen LogP contribution in [0.25, 0.3) is 0 Å². The van der Waals surface area contributed by atoms with Crippen molar-refractivity contribution >= 4 is 17.5 Å². The number of halogens is 1. The standard InChI is InChI=1S/C15H20ClN3O/c1-12-10-19(11-13-4-6-14(16)7-5-13)15(18-12)17-8-3-9-20-2/h4-7,10H,3,8-9,11H2,1-2H3,(H,17,18). The summed E-state index contributed by atoms with van der Waals surface area (Å²) in [6.45, 7) is 4.39. The summed E-state index contributed by atoms with van der Waals surface area (Å²) in [6, 6.07) is 7.89. The molecule has 0 unspecified atom stereocenters. The second kappa shape index (κ2) is 7.31. The molecule has 0 aliphatic heterocycles. The highest BCUT2D eigenvalue weighted by molar-refractivity contribution is 6.30. The van der Waals surface area contributed by atoms with Crippen molar-refractivity contribution in [3.8, 4) is 0 Å². The monoisotopic (exact) mass is 293 g/mol. The maximum Gasteiger partial charge on any atom is 0.203 e. The third kappa shape index (κ3) is 4.25. The molecule has 0 saturated heterocycles. The maximum absolute atomic E-state index is 5.90. The Morgan fingerprint density at radius 1 is 1.30 bits per heavy atom. The Balaban J connectivity index is 2.01. The van der Waals surface area contributed by atoms with Crippen molar-refractivity contribution in [3.05, 3.63) is 46.7 Å². The first-order valence-electron chi connectivity index (χ1n) is 6.70. The second-order valence-electron chi connectivity index (χ2n) is 4.73. The van der Waals surface area contributed by atoms with Gasteiger partial charge in [-0.25, -0.2) is 4.98 Å². The molecule has 108 valence electrons. The summed E-state index contributed by atoms with van der Waals surface area (Å²) in [5, 5.41) is 4.10. The van der Waals surface area contributed by atoms with Gasteiger partial charge in [0.2, 0.25) is 5.95 Å². The molecule has 20 heavy (non-hydrogen) atoms. The van der Waals surface area contributed by atoms with Crippen molar-refractivity contribution in [2.24, 2.45) is 0 Å². The van der Waals surface area contributed by atoms with Crippen LogP contribution in [0.1, 0.15) is 17.7 Å². The molecule has 0 bridgehead atoms. The van der Waals surface area contributed by atoms with Crippen LogP contribution in [0.15, 0.2) is 30.5 Å². The van der Waals surface area contributed by atoms with Crippen molar-refractivity contribution in [1.82, 2.24) is 9.55 Å². The predicted molar refractivity (Wildman–Crippen MR) is 82.5 cm³/mol. The van der Waals surface area contributed by atoms with Crippen LogP contribution in [0.2, 0.25) is 5.02 Å². The molecule has 0 aliphatic carbocycles. The molecule has 0 spiro atoms. The summed E-state index contributed by atoms with van der Waals surface area (Å²) in [6.07, 6.45) is 3.01. The van der Waals surface area contributed by atoms with Gasteiger partial charge in [0.05, 0.1) is 12.2 Å². The summed E-state index contributed by atoms with van der Waals surface area (Å²) < 4.78 is 7.16. The van der Waals surface area contributed by atoms with Gasteiger partial charge in [0.25, 0.3) is 0 Å². The van der Waals surface area contributed by atoms with Gasteiger partial charge < -0.3 is 14.6 Å². The molecular formula is C15H20ClN3O. The Kier molecular flexibility index (Phi) is 5.44. The Hall–Kier alpha value is -1.52. The number of ether oxygens (including phenoxy) is 1. The van der Waals surface area contributed by atoms with Crippen molar-refractivity contribution in [1.29, 1.82) is 0 Å². The van der Waals surface area contributed by atoms with Gasteiger partial charge in [0.15, 0.2) is 0 Å². The van der Waals surface area contributed by atoms with Crippen LogP contribution < -0.4 is 5.32 Å². The van der Waals surface area contributed by atoms with Crippen molar-refractivity contribution < 1.29 is 4.74 Å². The summed E-state index contributed by atoms with van der Waals surface area (Å²) in [5.41, 5.74) is 2.21. The molecule has 0 aliphatic rings. The number of hydrogen-bond donors (Lipinski definition) is 1. The molecule has 1 heterocycles. The van der Waals surface area contributed by atoms with Crippen molar-refractivity contribution in [2.45, 2.75) is 19.9 Å². The molecule has 0 saturated carbocycles. The lowest BCUT2D eigenvalue weighted by Gasteiger charge is -2.09. The molecule has 1 aromatic heterocycles. The van der Waals surface area contributed by atoms with E-state index in [9.17, 15) is 0 Å². The second-order valence-corrected chi connectivity index (χ2v) is 5.17. The van der Waals surface area contributed by atoms with Gasteiger partial charge in [-0.1, -0.05) is 23.7 Å². The van der Waals surface area contributed by atoms with Gasteiger partial charge >= 0.3 is 0 Å². The molecule has 0 radical (unpaired) electrons. The zero-order valence-corrected chi connectivity index (χ0v) is 12.7. The predicted octanol–water partition coefficient (Wildman–Crippen LogP) is 3.34. The van der Waals surface area contributed by atoms with Gasteiger partial charge in [-0.15, -0.1) is 0 Å². The van der Waals surface area contributed by atoms with Crippen LogP contribution in [0.4, 0.5) is 5.95 Å². The highest BCUT2D eigenvalue weighted by Crippen LogP contribution is 2.14. The number of aryl methyl sites for hydroxylation is 1. The molecule has 2 aromatic rings. The minimum atomic E-state index is 0.754. The zero-order valence-electron chi connectivity index (χ0n) is 11.9. The van der Waals surface area contributed by atoms with E-state index in [0.29, 0.717) is 0 Å². The molecule has 0 fully saturated rings. The number of anilines is 1. The van der Waals surface area contributed by atoms with E-state index in [2.05, 4.69) is 14.9 Å². The van der Waals surface area contributed by atoms with E-state index in [1.165, 1.54) is 5.56 Å². The fourth-order valence-corrected chi connectivity index (χ4v) is 2.14. The minimum absolute atomic E-state index is 0.754. The minimum Gasteiger partial charge on any atom is -0.385 e. The lowest BCUT2D eigenvalue weighted by Crippen LogP contribution is -2.10. The lowest BCUT2D eigenvalue weighted by molar-refractivity contribution is 0.197. The highest BCUT2D eigenvalue weighted by Gasteiger charge is 2.05. The molecule has 0 amide bonds. The number of hydrogen-bond acceptors (Lipinski definition) is 3. The van der Waals surface area contributed by atoms with Crippen LogP contribution in [0, 0.1) is 6.92 Å². The number of nitrogens with one attached hydrogen (secondary N) is 1. The van der Waals surface area contributed by atoms with E-state index in [1.807, 2.05) is 37.4 Å². The number of aromatic nitrogens is 2. The normalized spacial score (nSPS) is 10.8. The van der Waals surface area contributed by atoms with Gasteiger partial charge in [-0.2, -0.15) is 0 Å². The van der Waals surface area contributed by atoms with Crippen LogP contribution in [-0.4, -0.2) is 29.8 Å².